The Hall–Kier alpha value is -3.93. The molecule has 1 atom stereocenters. The van der Waals surface area contributed by atoms with Crippen molar-refractivity contribution in [2.45, 2.75) is 24.6 Å². The number of anilines is 2. The number of amides is 1. The van der Waals surface area contributed by atoms with Crippen LogP contribution in [0, 0.1) is 5.82 Å². The van der Waals surface area contributed by atoms with E-state index in [4.69, 9.17) is 10.5 Å². The number of fused-ring (bicyclic) bond motifs is 1. The van der Waals surface area contributed by atoms with Gasteiger partial charge in [-0.05, 0) is 50.5 Å². The summed E-state index contributed by atoms with van der Waals surface area (Å²) in [6.07, 6.45) is -0.587. The normalized spacial score (nSPS) is 17.8. The van der Waals surface area contributed by atoms with Gasteiger partial charge in [-0.1, -0.05) is 0 Å². The molecule has 0 saturated carbocycles. The molecular weight excluding hydrogens is 492 g/mol. The largest absolute Gasteiger partial charge is 0.483 e. The van der Waals surface area contributed by atoms with Gasteiger partial charge in [0.15, 0.2) is 0 Å². The quantitative estimate of drug-likeness (QED) is 0.431. The summed E-state index contributed by atoms with van der Waals surface area (Å²) in [6.45, 7) is 0.666. The monoisotopic (exact) mass is 518 g/mol. The molecule has 0 aliphatic carbocycles. The first kappa shape index (κ1) is 26.1. The molecule has 1 aromatic heterocycles. The molecule has 4 rings (SSSR count). The lowest BCUT2D eigenvalue weighted by atomic mass is 9.90. The topological polar surface area (TPSA) is 97.8 Å². The third kappa shape index (κ3) is 5.74. The van der Waals surface area contributed by atoms with Crippen molar-refractivity contribution in [2.24, 2.45) is 17.8 Å². The third-order valence-electron chi connectivity index (χ3n) is 6.06. The number of hydrogen-bond acceptors (Lipinski definition) is 6. The van der Waals surface area contributed by atoms with E-state index in [9.17, 15) is 22.4 Å². The number of ether oxygens (including phenoxy) is 1. The van der Waals surface area contributed by atoms with Crippen LogP contribution in [0.15, 0.2) is 53.7 Å². The van der Waals surface area contributed by atoms with Crippen molar-refractivity contribution in [1.29, 1.82) is 0 Å². The number of nitrogens with two attached hydrogens (primary N) is 1. The fourth-order valence-corrected chi connectivity index (χ4v) is 4.01. The van der Waals surface area contributed by atoms with Gasteiger partial charge in [0.2, 0.25) is 5.95 Å². The smallest absolute Gasteiger partial charge is 0.416 e. The second-order valence-corrected chi connectivity index (χ2v) is 9.12. The van der Waals surface area contributed by atoms with E-state index in [-0.39, 0.29) is 23.8 Å². The Kier molecular flexibility index (Phi) is 6.96. The van der Waals surface area contributed by atoms with Crippen molar-refractivity contribution in [2.75, 3.05) is 26.0 Å². The highest BCUT2D eigenvalue weighted by molar-refractivity contribution is 6.38. The van der Waals surface area contributed by atoms with Crippen molar-refractivity contribution in [3.63, 3.8) is 0 Å². The SMILES string of the molecule is CN(C)CCC1(Oc2ccc3c(c2)nc(Nc2cc(C(F)(F)F)ccc2F)n3C)C=CN=C(C(N)=O)C1. The zero-order valence-electron chi connectivity index (χ0n) is 20.4. The summed E-state index contributed by atoms with van der Waals surface area (Å²) in [5.74, 6) is -0.868. The zero-order chi connectivity index (χ0) is 27.0. The molecule has 0 radical (unpaired) electrons. The first-order valence-corrected chi connectivity index (χ1v) is 11.3. The number of carbonyl (C=O) groups excluding carboxylic acids is 1. The second-order valence-electron chi connectivity index (χ2n) is 9.12. The van der Waals surface area contributed by atoms with E-state index >= 15 is 0 Å². The van der Waals surface area contributed by atoms with Gasteiger partial charge in [-0.2, -0.15) is 13.2 Å². The summed E-state index contributed by atoms with van der Waals surface area (Å²) in [5.41, 5.74) is 4.58. The highest BCUT2D eigenvalue weighted by Crippen LogP contribution is 2.34. The number of halogens is 4. The maximum atomic E-state index is 14.3. The molecule has 3 aromatic rings. The average Bonchev–Trinajstić information content (AvgIpc) is 3.13. The van der Waals surface area contributed by atoms with Crippen molar-refractivity contribution in [1.82, 2.24) is 14.5 Å². The van der Waals surface area contributed by atoms with Crippen LogP contribution in [0.2, 0.25) is 0 Å². The Labute approximate surface area is 210 Å². The molecular formula is C25H26F4N6O2. The van der Waals surface area contributed by atoms with E-state index in [1.165, 1.54) is 6.20 Å². The van der Waals surface area contributed by atoms with Crippen LogP contribution >= 0.6 is 0 Å². The lowest BCUT2D eigenvalue weighted by molar-refractivity contribution is -0.137. The molecule has 3 N–H and O–H groups in total. The number of aliphatic imine (C=N–C) groups is 1. The second kappa shape index (κ2) is 9.85. The molecule has 0 spiro atoms. The summed E-state index contributed by atoms with van der Waals surface area (Å²) in [6, 6.07) is 7.27. The number of nitrogens with zero attached hydrogens (tertiary/aromatic N) is 4. The number of hydrogen-bond donors (Lipinski definition) is 2. The number of rotatable bonds is 8. The molecule has 1 aliphatic heterocycles. The van der Waals surface area contributed by atoms with Gasteiger partial charge in [0.25, 0.3) is 5.91 Å². The Bertz CT molecular complexity index is 1400. The molecule has 2 heterocycles. The van der Waals surface area contributed by atoms with Crippen LogP contribution < -0.4 is 15.8 Å². The Balaban J connectivity index is 1.64. The number of aryl methyl sites for hydroxylation is 1. The van der Waals surface area contributed by atoms with Crippen LogP contribution in [-0.4, -0.2) is 52.3 Å². The number of carbonyl (C=O) groups is 1. The predicted molar refractivity (Wildman–Crippen MR) is 132 cm³/mol. The van der Waals surface area contributed by atoms with Gasteiger partial charge in [-0.25, -0.2) is 9.37 Å². The highest BCUT2D eigenvalue weighted by Gasteiger charge is 2.35. The molecule has 2 aromatic carbocycles. The van der Waals surface area contributed by atoms with Gasteiger partial charge >= 0.3 is 6.18 Å². The molecule has 0 fully saturated rings. The number of benzene rings is 2. The number of imidazole rings is 1. The van der Waals surface area contributed by atoms with Crippen molar-refractivity contribution >= 4 is 34.3 Å². The van der Waals surface area contributed by atoms with Crippen LogP contribution in [0.1, 0.15) is 18.4 Å². The molecule has 37 heavy (non-hydrogen) atoms. The van der Waals surface area contributed by atoms with E-state index in [0.29, 0.717) is 41.9 Å². The van der Waals surface area contributed by atoms with Crippen LogP contribution in [0.5, 0.6) is 5.75 Å². The molecule has 8 nitrogen and oxygen atoms in total. The van der Waals surface area contributed by atoms with Gasteiger partial charge in [-0.3, -0.25) is 9.79 Å². The Morgan fingerprint density at radius 1 is 1.24 bits per heavy atom. The minimum Gasteiger partial charge on any atom is -0.483 e. The molecule has 1 aliphatic rings. The molecule has 1 amide bonds. The van der Waals surface area contributed by atoms with Crippen LogP contribution in [0.4, 0.5) is 29.2 Å². The third-order valence-corrected chi connectivity index (χ3v) is 6.06. The highest BCUT2D eigenvalue weighted by atomic mass is 19.4. The van der Waals surface area contributed by atoms with Crippen molar-refractivity contribution < 1.29 is 27.1 Å². The van der Waals surface area contributed by atoms with E-state index in [1.54, 1.807) is 35.9 Å². The van der Waals surface area contributed by atoms with Gasteiger partial charge in [0.05, 0.1) is 22.3 Å². The van der Waals surface area contributed by atoms with Gasteiger partial charge in [-0.15, -0.1) is 0 Å². The van der Waals surface area contributed by atoms with E-state index in [2.05, 4.69) is 15.3 Å². The first-order chi connectivity index (χ1) is 17.4. The van der Waals surface area contributed by atoms with E-state index in [1.807, 2.05) is 19.0 Å². The number of primary amides is 1. The summed E-state index contributed by atoms with van der Waals surface area (Å²) in [7, 11) is 5.50. The number of aromatic nitrogens is 2. The molecule has 0 saturated heterocycles. The van der Waals surface area contributed by atoms with Crippen molar-refractivity contribution in [3.05, 3.63) is 60.1 Å². The summed E-state index contributed by atoms with van der Waals surface area (Å²) in [5, 5.41) is 2.65. The standard InChI is InChI=1S/C25H26F4N6O2/c1-34(2)11-9-24(8-10-31-20(14-24)22(30)36)37-16-5-7-21-19(13-16)33-23(35(21)3)32-18-12-15(25(27,28)29)4-6-17(18)26/h4-8,10,12-13H,9,11,14H2,1-3H3,(H2,30,36)(H,32,33). The van der Waals surface area contributed by atoms with Crippen LogP contribution in [-0.2, 0) is 18.0 Å². The van der Waals surface area contributed by atoms with E-state index in [0.717, 1.165) is 6.07 Å². The fourth-order valence-electron chi connectivity index (χ4n) is 4.01. The van der Waals surface area contributed by atoms with Gasteiger partial charge < -0.3 is 25.3 Å². The van der Waals surface area contributed by atoms with Crippen LogP contribution in [0.25, 0.3) is 11.0 Å². The predicted octanol–water partition coefficient (Wildman–Crippen LogP) is 4.39. The summed E-state index contributed by atoms with van der Waals surface area (Å²) < 4.78 is 61.5. The first-order valence-electron chi connectivity index (χ1n) is 11.3. The molecule has 196 valence electrons. The maximum Gasteiger partial charge on any atom is 0.416 e. The summed E-state index contributed by atoms with van der Waals surface area (Å²) in [4.78, 5) is 22.3. The Morgan fingerprint density at radius 2 is 2.00 bits per heavy atom. The molecule has 1 unspecified atom stereocenters. The minimum atomic E-state index is -4.61. The lowest BCUT2D eigenvalue weighted by Gasteiger charge is -2.34. The minimum absolute atomic E-state index is 0.147. The fraction of sp³-hybridized carbons (Fsp3) is 0.320. The average molecular weight is 519 g/mol. The molecule has 0 bridgehead atoms. The zero-order valence-corrected chi connectivity index (χ0v) is 20.4. The number of nitrogens with one attached hydrogen (secondary N) is 1. The molecule has 12 heteroatoms. The summed E-state index contributed by atoms with van der Waals surface area (Å²) >= 11 is 0. The lowest BCUT2D eigenvalue weighted by Crippen LogP contribution is -2.43. The number of alkyl halides is 3. The van der Waals surface area contributed by atoms with E-state index < -0.39 is 29.1 Å². The Morgan fingerprint density at radius 3 is 2.68 bits per heavy atom. The van der Waals surface area contributed by atoms with Crippen LogP contribution in [0.3, 0.4) is 0 Å². The van der Waals surface area contributed by atoms with Gasteiger partial charge in [0.1, 0.15) is 22.9 Å². The van der Waals surface area contributed by atoms with Crippen molar-refractivity contribution in [3.8, 4) is 5.75 Å². The maximum absolute atomic E-state index is 14.3. The van der Waals surface area contributed by atoms with Gasteiger partial charge in [0, 0.05) is 38.7 Å².